The van der Waals surface area contributed by atoms with E-state index >= 15 is 0 Å². The molecule has 0 bridgehead atoms. The van der Waals surface area contributed by atoms with Crippen molar-refractivity contribution in [2.24, 2.45) is 5.73 Å². The smallest absolute Gasteiger partial charge is 0.372 e. The van der Waals surface area contributed by atoms with Crippen molar-refractivity contribution in [3.05, 3.63) is 24.0 Å². The fourth-order valence-electron chi connectivity index (χ4n) is 1.83. The zero-order chi connectivity index (χ0) is 14.3. The van der Waals surface area contributed by atoms with Gasteiger partial charge < -0.3 is 15.0 Å². The fourth-order valence-corrected chi connectivity index (χ4v) is 1.83. The van der Waals surface area contributed by atoms with Gasteiger partial charge in [-0.05, 0) is 24.5 Å². The van der Waals surface area contributed by atoms with E-state index in [4.69, 9.17) is 5.73 Å². The molecule has 1 heterocycles. The number of hydrogen-bond donors (Lipinski definition) is 1. The maximum Gasteiger partial charge on any atom is 0.411 e. The number of ether oxygens (including phenoxy) is 1. The lowest BCUT2D eigenvalue weighted by Crippen LogP contribution is -2.17. The van der Waals surface area contributed by atoms with Crippen LogP contribution < -0.4 is 5.73 Å². The lowest BCUT2D eigenvalue weighted by Gasteiger charge is -2.09. The van der Waals surface area contributed by atoms with E-state index in [0.29, 0.717) is 13.0 Å². The number of nitrogens with zero attached hydrogens (tertiary/aromatic N) is 1. The first kappa shape index (κ1) is 16.0. The summed E-state index contributed by atoms with van der Waals surface area (Å²) < 4.78 is 42.0. The molecule has 0 saturated carbocycles. The molecule has 0 spiro atoms. The molecular weight excluding hydrogens is 257 g/mol. The quantitative estimate of drug-likeness (QED) is 0.741. The molecule has 0 aliphatic carbocycles. The van der Waals surface area contributed by atoms with E-state index in [1.165, 1.54) is 0 Å². The summed E-state index contributed by atoms with van der Waals surface area (Å²) >= 11 is 0. The van der Waals surface area contributed by atoms with Gasteiger partial charge in [-0.3, -0.25) is 0 Å². The summed E-state index contributed by atoms with van der Waals surface area (Å²) in [6.07, 6.45) is 2.11. The molecule has 0 radical (unpaired) electrons. The largest absolute Gasteiger partial charge is 0.411 e. The molecule has 1 atom stereocenters. The van der Waals surface area contributed by atoms with Gasteiger partial charge in [0.1, 0.15) is 6.61 Å². The van der Waals surface area contributed by atoms with Crippen LogP contribution in [0.4, 0.5) is 13.2 Å². The predicted molar refractivity (Wildman–Crippen MR) is 67.8 cm³/mol. The van der Waals surface area contributed by atoms with Crippen molar-refractivity contribution in [1.82, 2.24) is 4.57 Å². The topological polar surface area (TPSA) is 40.2 Å². The van der Waals surface area contributed by atoms with Gasteiger partial charge in [-0.2, -0.15) is 13.2 Å². The first-order valence-corrected chi connectivity index (χ1v) is 6.48. The van der Waals surface area contributed by atoms with Crippen molar-refractivity contribution in [1.29, 1.82) is 0 Å². The van der Waals surface area contributed by atoms with Gasteiger partial charge in [0, 0.05) is 31.6 Å². The zero-order valence-electron chi connectivity index (χ0n) is 11.1. The number of aromatic nitrogens is 1. The van der Waals surface area contributed by atoms with Crippen molar-refractivity contribution in [3.8, 4) is 0 Å². The Morgan fingerprint density at radius 1 is 1.42 bits per heavy atom. The minimum Gasteiger partial charge on any atom is -0.372 e. The van der Waals surface area contributed by atoms with Crippen molar-refractivity contribution in [2.75, 3.05) is 13.2 Å². The number of aryl methyl sites for hydroxylation is 1. The molecule has 0 aliphatic rings. The molecule has 19 heavy (non-hydrogen) atoms. The monoisotopic (exact) mass is 278 g/mol. The lowest BCUT2D eigenvalue weighted by atomic mass is 10.1. The molecule has 0 fully saturated rings. The van der Waals surface area contributed by atoms with Crippen molar-refractivity contribution in [2.45, 2.75) is 44.9 Å². The van der Waals surface area contributed by atoms with Gasteiger partial charge in [-0.1, -0.05) is 13.3 Å². The number of rotatable bonds is 8. The van der Waals surface area contributed by atoms with Gasteiger partial charge in [0.25, 0.3) is 0 Å². The predicted octanol–water partition coefficient (Wildman–Crippen LogP) is 3.26. The second-order valence-electron chi connectivity index (χ2n) is 4.60. The van der Waals surface area contributed by atoms with Crippen LogP contribution in [0.25, 0.3) is 0 Å². The summed E-state index contributed by atoms with van der Waals surface area (Å²) in [6.45, 7) is 1.64. The third-order valence-electron chi connectivity index (χ3n) is 2.77. The van der Waals surface area contributed by atoms with Gasteiger partial charge in [0.05, 0.1) is 0 Å². The Morgan fingerprint density at radius 3 is 2.79 bits per heavy atom. The second kappa shape index (κ2) is 7.55. The van der Waals surface area contributed by atoms with Crippen LogP contribution in [0.2, 0.25) is 0 Å². The summed E-state index contributed by atoms with van der Waals surface area (Å²) in [5.41, 5.74) is 7.05. The molecular formula is C13H21F3N2O. The van der Waals surface area contributed by atoms with E-state index in [1.54, 1.807) is 0 Å². The number of alkyl halides is 3. The van der Waals surface area contributed by atoms with E-state index in [0.717, 1.165) is 18.4 Å². The molecule has 0 aromatic carbocycles. The first-order valence-electron chi connectivity index (χ1n) is 6.48. The second-order valence-corrected chi connectivity index (χ2v) is 4.60. The zero-order valence-corrected chi connectivity index (χ0v) is 11.1. The van der Waals surface area contributed by atoms with Crippen LogP contribution in [-0.4, -0.2) is 24.0 Å². The van der Waals surface area contributed by atoms with Crippen LogP contribution in [-0.2, 0) is 11.3 Å². The number of nitrogens with two attached hydrogens (primary N) is 1. The summed E-state index contributed by atoms with van der Waals surface area (Å²) in [7, 11) is 0. The highest BCUT2D eigenvalue weighted by Gasteiger charge is 2.27. The third kappa shape index (κ3) is 6.63. The van der Waals surface area contributed by atoms with Crippen LogP contribution >= 0.6 is 0 Å². The molecule has 1 rings (SSSR count). The standard InChI is InChI=1S/C13H21F3N2O/c1-2-4-12(17)11-5-7-18(9-11)6-3-8-19-10-13(14,15)16/h5,7,9,12H,2-4,6,8,10,17H2,1H3. The van der Waals surface area contributed by atoms with Crippen LogP contribution in [0.1, 0.15) is 37.8 Å². The number of hydrogen-bond acceptors (Lipinski definition) is 2. The average molecular weight is 278 g/mol. The summed E-state index contributed by atoms with van der Waals surface area (Å²) in [5.74, 6) is 0. The van der Waals surface area contributed by atoms with E-state index in [1.807, 2.05) is 23.0 Å². The van der Waals surface area contributed by atoms with E-state index in [-0.39, 0.29) is 12.6 Å². The van der Waals surface area contributed by atoms with Crippen LogP contribution in [0.3, 0.4) is 0 Å². The van der Waals surface area contributed by atoms with Crippen LogP contribution in [0, 0.1) is 0 Å². The van der Waals surface area contributed by atoms with E-state index in [9.17, 15) is 13.2 Å². The lowest BCUT2D eigenvalue weighted by molar-refractivity contribution is -0.174. The summed E-state index contributed by atoms with van der Waals surface area (Å²) in [6, 6.07) is 1.99. The Kier molecular flexibility index (Phi) is 6.37. The normalized spacial score (nSPS) is 13.7. The molecule has 0 amide bonds. The number of halogens is 3. The Hall–Kier alpha value is -1.01. The molecule has 6 heteroatoms. The van der Waals surface area contributed by atoms with Gasteiger partial charge in [-0.15, -0.1) is 0 Å². The molecule has 1 aromatic rings. The highest BCUT2D eigenvalue weighted by Crippen LogP contribution is 2.16. The minimum absolute atomic E-state index is 0.0349. The van der Waals surface area contributed by atoms with Crippen molar-refractivity contribution < 1.29 is 17.9 Å². The molecule has 0 saturated heterocycles. The van der Waals surface area contributed by atoms with E-state index < -0.39 is 12.8 Å². The molecule has 110 valence electrons. The molecule has 0 aliphatic heterocycles. The van der Waals surface area contributed by atoms with Crippen molar-refractivity contribution in [3.63, 3.8) is 0 Å². The molecule has 3 nitrogen and oxygen atoms in total. The Balaban J connectivity index is 2.23. The van der Waals surface area contributed by atoms with Gasteiger partial charge in [0.2, 0.25) is 0 Å². The van der Waals surface area contributed by atoms with Crippen molar-refractivity contribution >= 4 is 0 Å². The molecule has 2 N–H and O–H groups in total. The summed E-state index contributed by atoms with van der Waals surface area (Å²) in [5, 5.41) is 0. The Morgan fingerprint density at radius 2 is 2.16 bits per heavy atom. The molecule has 1 unspecified atom stereocenters. The van der Waals surface area contributed by atoms with Crippen LogP contribution in [0.5, 0.6) is 0 Å². The van der Waals surface area contributed by atoms with Gasteiger partial charge >= 0.3 is 6.18 Å². The first-order chi connectivity index (χ1) is 8.92. The fraction of sp³-hybridized carbons (Fsp3) is 0.692. The maximum absolute atomic E-state index is 11.8. The van der Waals surface area contributed by atoms with E-state index in [2.05, 4.69) is 11.7 Å². The van der Waals surface area contributed by atoms with Crippen LogP contribution in [0.15, 0.2) is 18.5 Å². The summed E-state index contributed by atoms with van der Waals surface area (Å²) in [4.78, 5) is 0. The maximum atomic E-state index is 11.8. The molecule has 1 aromatic heterocycles. The highest BCUT2D eigenvalue weighted by atomic mass is 19.4. The SMILES string of the molecule is CCCC(N)c1ccn(CCCOCC(F)(F)F)c1. The van der Waals surface area contributed by atoms with Gasteiger partial charge in [0.15, 0.2) is 0 Å². The Labute approximate surface area is 111 Å². The average Bonchev–Trinajstić information content (AvgIpc) is 2.76. The van der Waals surface area contributed by atoms with Gasteiger partial charge in [-0.25, -0.2) is 0 Å². The highest BCUT2D eigenvalue weighted by molar-refractivity contribution is 5.14. The third-order valence-corrected chi connectivity index (χ3v) is 2.77. The Bertz CT molecular complexity index is 363. The minimum atomic E-state index is -4.24.